The predicted molar refractivity (Wildman–Crippen MR) is 47.1 cm³/mol. The van der Waals surface area contributed by atoms with E-state index < -0.39 is 5.97 Å². The van der Waals surface area contributed by atoms with Crippen molar-refractivity contribution in [1.82, 2.24) is 4.90 Å². The Bertz CT molecular complexity index is 164. The lowest BCUT2D eigenvalue weighted by Crippen LogP contribution is -2.54. The highest BCUT2D eigenvalue weighted by Crippen LogP contribution is 2.22. The van der Waals surface area contributed by atoms with Crippen LogP contribution >= 0.6 is 0 Å². The Labute approximate surface area is 73.4 Å². The van der Waals surface area contributed by atoms with Gasteiger partial charge in [0, 0.05) is 13.1 Å². The molecule has 1 heterocycles. The molecule has 12 heavy (non-hydrogen) atoms. The van der Waals surface area contributed by atoms with E-state index in [0.717, 1.165) is 19.0 Å². The maximum atomic E-state index is 10.7. The van der Waals surface area contributed by atoms with E-state index in [4.69, 9.17) is 5.11 Å². The number of likely N-dealkylation sites (tertiary alicyclic amines) is 1. The fourth-order valence-electron chi connectivity index (χ4n) is 1.71. The van der Waals surface area contributed by atoms with Gasteiger partial charge in [0.2, 0.25) is 0 Å². The summed E-state index contributed by atoms with van der Waals surface area (Å²) in [6.45, 7) is 6.03. The molecule has 0 aromatic heterocycles. The molecule has 0 saturated carbocycles. The molecule has 1 aliphatic rings. The van der Waals surface area contributed by atoms with Crippen molar-refractivity contribution in [1.29, 1.82) is 0 Å². The van der Waals surface area contributed by atoms with Gasteiger partial charge in [-0.25, -0.2) is 0 Å². The van der Waals surface area contributed by atoms with E-state index >= 15 is 0 Å². The molecule has 1 aliphatic heterocycles. The summed E-state index contributed by atoms with van der Waals surface area (Å²) in [5.74, 6) is 0.0606. The molecule has 3 heteroatoms. The third-order valence-electron chi connectivity index (χ3n) is 2.68. The Kier molecular flexibility index (Phi) is 3.09. The van der Waals surface area contributed by atoms with E-state index in [1.54, 1.807) is 0 Å². The standard InChI is InChI=1S/C9H17NO2/c1-3-7-5-10(6-7)8(4-2)9(11)12/h7-8H,3-6H2,1-2H3,(H,11,12). The van der Waals surface area contributed by atoms with Crippen molar-refractivity contribution in [2.75, 3.05) is 13.1 Å². The summed E-state index contributed by atoms with van der Waals surface area (Å²) in [5, 5.41) is 8.83. The molecule has 1 rings (SSSR count). The summed E-state index contributed by atoms with van der Waals surface area (Å²) in [4.78, 5) is 12.8. The van der Waals surface area contributed by atoms with Gasteiger partial charge >= 0.3 is 5.97 Å². The van der Waals surface area contributed by atoms with E-state index in [1.165, 1.54) is 6.42 Å². The minimum absolute atomic E-state index is 0.243. The maximum Gasteiger partial charge on any atom is 0.320 e. The van der Waals surface area contributed by atoms with E-state index in [2.05, 4.69) is 11.8 Å². The summed E-state index contributed by atoms with van der Waals surface area (Å²) in [5.41, 5.74) is 0. The highest BCUT2D eigenvalue weighted by molar-refractivity contribution is 5.73. The first-order valence-corrected chi connectivity index (χ1v) is 4.65. The normalized spacial score (nSPS) is 21.8. The minimum atomic E-state index is -0.674. The molecular formula is C9H17NO2. The summed E-state index contributed by atoms with van der Waals surface area (Å²) < 4.78 is 0. The molecule has 3 nitrogen and oxygen atoms in total. The lowest BCUT2D eigenvalue weighted by molar-refractivity contribution is -0.146. The number of hydrogen-bond donors (Lipinski definition) is 1. The third kappa shape index (κ3) is 1.78. The van der Waals surface area contributed by atoms with Gasteiger partial charge in [-0.3, -0.25) is 9.69 Å². The Morgan fingerprint density at radius 1 is 1.58 bits per heavy atom. The average Bonchev–Trinajstić information content (AvgIpc) is 1.94. The van der Waals surface area contributed by atoms with Crippen molar-refractivity contribution in [2.24, 2.45) is 5.92 Å². The number of hydrogen-bond acceptors (Lipinski definition) is 2. The molecule has 0 bridgehead atoms. The second-order valence-electron chi connectivity index (χ2n) is 3.49. The highest BCUT2D eigenvalue weighted by Gasteiger charge is 2.33. The van der Waals surface area contributed by atoms with Crippen LogP contribution in [0.5, 0.6) is 0 Å². The summed E-state index contributed by atoms with van der Waals surface area (Å²) >= 11 is 0. The zero-order chi connectivity index (χ0) is 9.14. The van der Waals surface area contributed by atoms with Crippen LogP contribution in [0, 0.1) is 5.92 Å². The van der Waals surface area contributed by atoms with Gasteiger partial charge in [0.05, 0.1) is 0 Å². The van der Waals surface area contributed by atoms with Crippen LogP contribution in [0.25, 0.3) is 0 Å². The van der Waals surface area contributed by atoms with Gasteiger partial charge in [0.25, 0.3) is 0 Å². The minimum Gasteiger partial charge on any atom is -0.480 e. The van der Waals surface area contributed by atoms with Crippen molar-refractivity contribution >= 4 is 5.97 Å². The van der Waals surface area contributed by atoms with Crippen molar-refractivity contribution in [3.05, 3.63) is 0 Å². The van der Waals surface area contributed by atoms with Crippen LogP contribution in [-0.2, 0) is 4.79 Å². The number of rotatable bonds is 4. The monoisotopic (exact) mass is 171 g/mol. The summed E-state index contributed by atoms with van der Waals surface area (Å²) in [7, 11) is 0. The fourth-order valence-corrected chi connectivity index (χ4v) is 1.71. The largest absolute Gasteiger partial charge is 0.480 e. The van der Waals surface area contributed by atoms with Gasteiger partial charge in [-0.2, -0.15) is 0 Å². The van der Waals surface area contributed by atoms with Crippen LogP contribution in [0.3, 0.4) is 0 Å². The SMILES string of the molecule is CCC1CN(C(CC)C(=O)O)C1. The summed E-state index contributed by atoms with van der Waals surface area (Å²) in [6.07, 6.45) is 1.89. The molecular weight excluding hydrogens is 154 g/mol. The quantitative estimate of drug-likeness (QED) is 0.690. The lowest BCUT2D eigenvalue weighted by atomic mass is 9.94. The number of carboxylic acids is 1. The van der Waals surface area contributed by atoms with Gasteiger partial charge in [-0.1, -0.05) is 20.3 Å². The van der Waals surface area contributed by atoms with Crippen molar-refractivity contribution in [2.45, 2.75) is 32.7 Å². The van der Waals surface area contributed by atoms with E-state index in [9.17, 15) is 4.79 Å². The van der Waals surface area contributed by atoms with Crippen LogP contribution in [0.15, 0.2) is 0 Å². The van der Waals surface area contributed by atoms with Gasteiger partial charge in [0.1, 0.15) is 6.04 Å². The van der Waals surface area contributed by atoms with Gasteiger partial charge < -0.3 is 5.11 Å². The average molecular weight is 171 g/mol. The molecule has 1 N–H and O–H groups in total. The number of nitrogens with zero attached hydrogens (tertiary/aromatic N) is 1. The Balaban J connectivity index is 2.34. The zero-order valence-electron chi connectivity index (χ0n) is 7.79. The smallest absolute Gasteiger partial charge is 0.320 e. The molecule has 0 radical (unpaired) electrons. The third-order valence-corrected chi connectivity index (χ3v) is 2.68. The van der Waals surface area contributed by atoms with Gasteiger partial charge in [-0.15, -0.1) is 0 Å². The molecule has 0 aliphatic carbocycles. The summed E-state index contributed by atoms with van der Waals surface area (Å²) in [6, 6.07) is -0.243. The molecule has 1 unspecified atom stereocenters. The first kappa shape index (κ1) is 9.52. The van der Waals surface area contributed by atoms with Crippen LogP contribution in [0.4, 0.5) is 0 Å². The van der Waals surface area contributed by atoms with Gasteiger partial charge in [0.15, 0.2) is 0 Å². The Morgan fingerprint density at radius 2 is 2.17 bits per heavy atom. The van der Waals surface area contributed by atoms with E-state index in [-0.39, 0.29) is 6.04 Å². The van der Waals surface area contributed by atoms with Crippen molar-refractivity contribution in [3.63, 3.8) is 0 Å². The molecule has 0 aromatic carbocycles. The van der Waals surface area contributed by atoms with E-state index in [0.29, 0.717) is 6.42 Å². The van der Waals surface area contributed by atoms with Crippen LogP contribution in [-0.4, -0.2) is 35.1 Å². The molecule has 1 fully saturated rings. The number of aliphatic carboxylic acids is 1. The number of carboxylic acid groups (broad SMARTS) is 1. The maximum absolute atomic E-state index is 10.7. The van der Waals surface area contributed by atoms with Gasteiger partial charge in [-0.05, 0) is 12.3 Å². The lowest BCUT2D eigenvalue weighted by Gasteiger charge is -2.42. The molecule has 70 valence electrons. The topological polar surface area (TPSA) is 40.5 Å². The fraction of sp³-hybridized carbons (Fsp3) is 0.889. The zero-order valence-corrected chi connectivity index (χ0v) is 7.79. The molecule has 1 atom stereocenters. The Morgan fingerprint density at radius 3 is 2.50 bits per heavy atom. The predicted octanol–water partition coefficient (Wildman–Crippen LogP) is 1.19. The second-order valence-corrected chi connectivity index (χ2v) is 3.49. The molecule has 1 saturated heterocycles. The van der Waals surface area contributed by atoms with Crippen LogP contribution in [0.1, 0.15) is 26.7 Å². The first-order valence-electron chi connectivity index (χ1n) is 4.65. The Hall–Kier alpha value is -0.570. The van der Waals surface area contributed by atoms with Crippen LogP contribution in [0.2, 0.25) is 0 Å². The van der Waals surface area contributed by atoms with Crippen molar-refractivity contribution in [3.8, 4) is 0 Å². The molecule has 0 spiro atoms. The van der Waals surface area contributed by atoms with E-state index in [1.807, 2.05) is 6.92 Å². The first-order chi connectivity index (χ1) is 5.69. The van der Waals surface area contributed by atoms with Crippen LogP contribution < -0.4 is 0 Å². The number of carbonyl (C=O) groups is 1. The van der Waals surface area contributed by atoms with Crippen molar-refractivity contribution < 1.29 is 9.90 Å². The molecule has 0 aromatic rings. The molecule has 0 amide bonds. The highest BCUT2D eigenvalue weighted by atomic mass is 16.4. The second kappa shape index (κ2) is 3.90.